The number of rotatable bonds is 4. The van der Waals surface area contributed by atoms with Gasteiger partial charge in [-0.25, -0.2) is 0 Å². The molecule has 1 aromatic rings. The van der Waals surface area contributed by atoms with Crippen molar-refractivity contribution < 1.29 is 14.3 Å². The molecule has 0 aromatic heterocycles. The van der Waals surface area contributed by atoms with Crippen LogP contribution < -0.4 is 0 Å². The fourth-order valence-corrected chi connectivity index (χ4v) is 2.07. The highest BCUT2D eigenvalue weighted by atomic mass is 79.9. The van der Waals surface area contributed by atoms with Gasteiger partial charge in [-0.3, -0.25) is 9.59 Å². The first-order valence-electron chi connectivity index (χ1n) is 5.31. The minimum Gasteiger partial charge on any atom is -0.468 e. The number of carbonyl (C=O) groups is 2. The molecule has 2 unspecified atom stereocenters. The van der Waals surface area contributed by atoms with E-state index in [-0.39, 0.29) is 11.7 Å². The number of esters is 1. The van der Waals surface area contributed by atoms with Crippen molar-refractivity contribution >= 4 is 27.7 Å². The lowest BCUT2D eigenvalue weighted by Gasteiger charge is -2.19. The van der Waals surface area contributed by atoms with E-state index in [9.17, 15) is 9.59 Å². The lowest BCUT2D eigenvalue weighted by atomic mass is 9.85. The average molecular weight is 299 g/mol. The summed E-state index contributed by atoms with van der Waals surface area (Å²) in [6.07, 6.45) is 0. The van der Waals surface area contributed by atoms with Crippen LogP contribution in [0.1, 0.15) is 25.3 Å². The quantitative estimate of drug-likeness (QED) is 0.634. The largest absolute Gasteiger partial charge is 0.468 e. The van der Waals surface area contributed by atoms with Crippen LogP contribution in [-0.2, 0) is 14.3 Å². The molecule has 0 aliphatic heterocycles. The molecule has 0 radical (unpaired) electrons. The van der Waals surface area contributed by atoms with Crippen molar-refractivity contribution in [1.82, 2.24) is 0 Å². The van der Waals surface area contributed by atoms with E-state index in [1.807, 2.05) is 31.2 Å². The Morgan fingerprint density at radius 3 is 2.18 bits per heavy atom. The van der Waals surface area contributed by atoms with E-state index in [4.69, 9.17) is 0 Å². The molecule has 4 heteroatoms. The van der Waals surface area contributed by atoms with Gasteiger partial charge in [-0.1, -0.05) is 35.0 Å². The van der Waals surface area contributed by atoms with Crippen molar-refractivity contribution in [3.05, 3.63) is 34.3 Å². The van der Waals surface area contributed by atoms with E-state index >= 15 is 0 Å². The van der Waals surface area contributed by atoms with E-state index in [0.29, 0.717) is 0 Å². The van der Waals surface area contributed by atoms with Crippen LogP contribution in [0.25, 0.3) is 0 Å². The maximum absolute atomic E-state index is 11.6. The van der Waals surface area contributed by atoms with Gasteiger partial charge in [0.25, 0.3) is 0 Å². The first-order chi connectivity index (χ1) is 7.97. The smallest absolute Gasteiger partial charge is 0.316 e. The molecular weight excluding hydrogens is 284 g/mol. The van der Waals surface area contributed by atoms with Crippen LogP contribution in [0, 0.1) is 5.92 Å². The van der Waals surface area contributed by atoms with Crippen molar-refractivity contribution in [2.45, 2.75) is 19.8 Å². The van der Waals surface area contributed by atoms with E-state index in [1.54, 1.807) is 0 Å². The van der Waals surface area contributed by atoms with E-state index in [1.165, 1.54) is 14.0 Å². The van der Waals surface area contributed by atoms with Crippen molar-refractivity contribution in [3.63, 3.8) is 0 Å². The summed E-state index contributed by atoms with van der Waals surface area (Å²) in [7, 11) is 1.30. The normalized spacial score (nSPS) is 13.9. The molecular formula is C13H15BrO3. The monoisotopic (exact) mass is 298 g/mol. The van der Waals surface area contributed by atoms with Gasteiger partial charge < -0.3 is 4.74 Å². The lowest BCUT2D eigenvalue weighted by molar-refractivity contribution is -0.149. The number of halogens is 1. The van der Waals surface area contributed by atoms with Gasteiger partial charge in [-0.2, -0.15) is 0 Å². The van der Waals surface area contributed by atoms with E-state index < -0.39 is 11.9 Å². The number of carbonyl (C=O) groups excluding carboxylic acids is 2. The van der Waals surface area contributed by atoms with Gasteiger partial charge in [0.2, 0.25) is 0 Å². The number of hydrogen-bond donors (Lipinski definition) is 0. The average Bonchev–Trinajstić information content (AvgIpc) is 2.29. The number of benzene rings is 1. The molecule has 0 heterocycles. The zero-order valence-electron chi connectivity index (χ0n) is 10.1. The van der Waals surface area contributed by atoms with E-state index in [2.05, 4.69) is 20.7 Å². The Labute approximate surface area is 109 Å². The minimum absolute atomic E-state index is 0.174. The van der Waals surface area contributed by atoms with Gasteiger partial charge >= 0.3 is 5.97 Å². The summed E-state index contributed by atoms with van der Waals surface area (Å²) in [6, 6.07) is 7.57. The predicted octanol–water partition coefficient (Wildman–Crippen LogP) is 2.93. The summed E-state index contributed by atoms with van der Waals surface area (Å²) < 4.78 is 5.63. The van der Waals surface area contributed by atoms with Crippen LogP contribution in [-0.4, -0.2) is 18.9 Å². The van der Waals surface area contributed by atoms with Crippen LogP contribution in [0.2, 0.25) is 0 Å². The molecule has 2 atom stereocenters. The highest BCUT2D eigenvalue weighted by Crippen LogP contribution is 2.27. The first-order valence-corrected chi connectivity index (χ1v) is 6.10. The van der Waals surface area contributed by atoms with Crippen LogP contribution in [0.5, 0.6) is 0 Å². The Morgan fingerprint density at radius 2 is 1.76 bits per heavy atom. The Kier molecular flexibility index (Phi) is 4.87. The number of methoxy groups -OCH3 is 1. The van der Waals surface area contributed by atoms with Gasteiger partial charge in [-0.15, -0.1) is 0 Å². The molecule has 1 rings (SSSR count). The zero-order chi connectivity index (χ0) is 13.0. The third-order valence-electron chi connectivity index (χ3n) is 2.79. The molecule has 0 aliphatic carbocycles. The van der Waals surface area contributed by atoms with Crippen molar-refractivity contribution in [2.75, 3.05) is 7.11 Å². The number of hydrogen-bond acceptors (Lipinski definition) is 3. The summed E-state index contributed by atoms with van der Waals surface area (Å²) in [4.78, 5) is 23.1. The van der Waals surface area contributed by atoms with Gasteiger partial charge in [0, 0.05) is 10.4 Å². The Hall–Kier alpha value is -1.16. The molecule has 17 heavy (non-hydrogen) atoms. The molecule has 0 spiro atoms. The Morgan fingerprint density at radius 1 is 1.24 bits per heavy atom. The molecule has 0 amide bonds. The van der Waals surface area contributed by atoms with Crippen LogP contribution >= 0.6 is 15.9 Å². The van der Waals surface area contributed by atoms with Crippen LogP contribution in [0.4, 0.5) is 0 Å². The Bertz CT molecular complexity index is 411. The SMILES string of the molecule is COC(=O)C(C(C)=O)C(C)c1ccc(Br)cc1. The second-order valence-corrected chi connectivity index (χ2v) is 4.87. The molecule has 0 saturated heterocycles. The second-order valence-electron chi connectivity index (χ2n) is 3.95. The predicted molar refractivity (Wildman–Crippen MR) is 68.7 cm³/mol. The summed E-state index contributed by atoms with van der Waals surface area (Å²) in [6.45, 7) is 3.27. The third-order valence-corrected chi connectivity index (χ3v) is 3.32. The number of ether oxygens (including phenoxy) is 1. The molecule has 3 nitrogen and oxygen atoms in total. The van der Waals surface area contributed by atoms with Gasteiger partial charge in [0.05, 0.1) is 7.11 Å². The highest BCUT2D eigenvalue weighted by Gasteiger charge is 2.31. The van der Waals surface area contributed by atoms with Gasteiger partial charge in [-0.05, 0) is 24.6 Å². The maximum Gasteiger partial charge on any atom is 0.316 e. The second kappa shape index (κ2) is 5.96. The molecule has 0 fully saturated rings. The minimum atomic E-state index is -0.735. The van der Waals surface area contributed by atoms with Crippen LogP contribution in [0.3, 0.4) is 0 Å². The summed E-state index contributed by atoms with van der Waals surface area (Å²) >= 11 is 3.34. The molecule has 0 bridgehead atoms. The third kappa shape index (κ3) is 3.40. The number of ketones is 1. The topological polar surface area (TPSA) is 43.4 Å². The summed E-state index contributed by atoms with van der Waals surface area (Å²) in [5.41, 5.74) is 0.943. The van der Waals surface area contributed by atoms with Crippen molar-refractivity contribution in [3.8, 4) is 0 Å². The maximum atomic E-state index is 11.6. The highest BCUT2D eigenvalue weighted by molar-refractivity contribution is 9.10. The molecule has 92 valence electrons. The fraction of sp³-hybridized carbons (Fsp3) is 0.385. The molecule has 0 N–H and O–H groups in total. The van der Waals surface area contributed by atoms with E-state index in [0.717, 1.165) is 10.0 Å². The lowest BCUT2D eigenvalue weighted by Crippen LogP contribution is -2.28. The molecule has 1 aromatic carbocycles. The zero-order valence-corrected chi connectivity index (χ0v) is 11.7. The molecule has 0 aliphatic rings. The first kappa shape index (κ1) is 13.9. The van der Waals surface area contributed by atoms with Gasteiger partial charge in [0.15, 0.2) is 0 Å². The van der Waals surface area contributed by atoms with Crippen molar-refractivity contribution in [2.24, 2.45) is 5.92 Å². The summed E-state index contributed by atoms with van der Waals surface area (Å²) in [5.74, 6) is -1.57. The summed E-state index contributed by atoms with van der Waals surface area (Å²) in [5, 5.41) is 0. The Balaban J connectivity index is 2.99. The number of Topliss-reactive ketones (excluding diaryl/α,β-unsaturated/α-hetero) is 1. The molecule has 0 saturated carbocycles. The fourth-order valence-electron chi connectivity index (χ4n) is 1.81. The standard InChI is InChI=1S/C13H15BrO3/c1-8(10-4-6-11(14)7-5-10)12(9(2)15)13(16)17-3/h4-8,12H,1-3H3. The van der Waals surface area contributed by atoms with Gasteiger partial charge in [0.1, 0.15) is 11.7 Å². The van der Waals surface area contributed by atoms with Crippen LogP contribution in [0.15, 0.2) is 28.7 Å². The van der Waals surface area contributed by atoms with Crippen molar-refractivity contribution in [1.29, 1.82) is 0 Å².